The van der Waals surface area contributed by atoms with E-state index in [1.165, 1.54) is 18.3 Å². The molecule has 0 bridgehead atoms. The molecule has 0 spiro atoms. The van der Waals surface area contributed by atoms with E-state index in [1.807, 2.05) is 12.1 Å². The maximum Gasteiger partial charge on any atom is 0.261 e. The second kappa shape index (κ2) is 8.05. The highest BCUT2D eigenvalue weighted by Crippen LogP contribution is 2.23. The lowest BCUT2D eigenvalue weighted by atomic mass is 9.87. The van der Waals surface area contributed by atoms with Crippen molar-refractivity contribution in [3.63, 3.8) is 0 Å². The quantitative estimate of drug-likeness (QED) is 0.652. The molecular formula is C22H23N3O3S. The Bertz CT molecular complexity index is 1090. The Labute approximate surface area is 171 Å². The minimum atomic E-state index is -3.73. The van der Waals surface area contributed by atoms with Crippen LogP contribution in [0.5, 0.6) is 0 Å². The summed E-state index contributed by atoms with van der Waals surface area (Å²) in [5.74, 6) is -0.255. The number of rotatable bonds is 5. The molecule has 7 heteroatoms. The van der Waals surface area contributed by atoms with Crippen LogP contribution in [0.15, 0.2) is 78.0 Å². The monoisotopic (exact) mass is 409 g/mol. The van der Waals surface area contributed by atoms with Crippen molar-refractivity contribution in [2.24, 2.45) is 0 Å². The van der Waals surface area contributed by atoms with Crippen molar-refractivity contribution in [2.45, 2.75) is 31.1 Å². The maximum absolute atomic E-state index is 12.4. The molecule has 0 aliphatic heterocycles. The third-order valence-corrected chi connectivity index (χ3v) is 5.75. The van der Waals surface area contributed by atoms with Gasteiger partial charge in [0.15, 0.2) is 0 Å². The summed E-state index contributed by atoms with van der Waals surface area (Å²) < 4.78 is 27.3. The highest BCUT2D eigenvalue weighted by atomic mass is 32.2. The van der Waals surface area contributed by atoms with E-state index in [4.69, 9.17) is 0 Å². The molecule has 0 fully saturated rings. The van der Waals surface area contributed by atoms with E-state index in [0.29, 0.717) is 16.9 Å². The maximum atomic E-state index is 12.4. The summed E-state index contributed by atoms with van der Waals surface area (Å²) in [6.07, 6.45) is 2.99. The van der Waals surface area contributed by atoms with Gasteiger partial charge >= 0.3 is 0 Å². The summed E-state index contributed by atoms with van der Waals surface area (Å²) in [4.78, 5) is 16.4. The van der Waals surface area contributed by atoms with Gasteiger partial charge in [0.25, 0.3) is 15.9 Å². The van der Waals surface area contributed by atoms with Gasteiger partial charge in [-0.1, -0.05) is 32.9 Å². The lowest BCUT2D eigenvalue weighted by molar-refractivity contribution is 0.102. The Morgan fingerprint density at radius 2 is 1.55 bits per heavy atom. The fourth-order valence-electron chi connectivity index (χ4n) is 2.68. The van der Waals surface area contributed by atoms with E-state index < -0.39 is 10.0 Å². The van der Waals surface area contributed by atoms with Gasteiger partial charge in [-0.25, -0.2) is 8.42 Å². The van der Waals surface area contributed by atoms with Crippen LogP contribution in [0.3, 0.4) is 0 Å². The number of nitrogens with one attached hydrogen (secondary N) is 2. The van der Waals surface area contributed by atoms with Crippen molar-refractivity contribution < 1.29 is 13.2 Å². The second-order valence-electron chi connectivity index (χ2n) is 7.65. The van der Waals surface area contributed by atoms with E-state index >= 15 is 0 Å². The molecule has 0 radical (unpaired) electrons. The van der Waals surface area contributed by atoms with Gasteiger partial charge in [0.1, 0.15) is 0 Å². The molecule has 6 nitrogen and oxygen atoms in total. The number of aromatic nitrogens is 1. The Morgan fingerprint density at radius 1 is 0.897 bits per heavy atom. The summed E-state index contributed by atoms with van der Waals surface area (Å²) >= 11 is 0. The first-order valence-electron chi connectivity index (χ1n) is 9.10. The zero-order valence-corrected chi connectivity index (χ0v) is 17.3. The van der Waals surface area contributed by atoms with Crippen LogP contribution in [-0.4, -0.2) is 19.3 Å². The van der Waals surface area contributed by atoms with Gasteiger partial charge in [-0.3, -0.25) is 14.5 Å². The average Bonchev–Trinajstić information content (AvgIpc) is 2.68. The first-order valence-corrected chi connectivity index (χ1v) is 10.6. The smallest absolute Gasteiger partial charge is 0.261 e. The summed E-state index contributed by atoms with van der Waals surface area (Å²) in [6.45, 7) is 6.34. The summed E-state index contributed by atoms with van der Waals surface area (Å²) in [7, 11) is -3.73. The molecule has 1 aromatic heterocycles. The SMILES string of the molecule is CC(C)(C)c1ccc(C(=O)Nc2ccc(S(=O)(=O)Nc3cccnc3)cc2)cc1. The molecule has 0 saturated carbocycles. The summed E-state index contributed by atoms with van der Waals surface area (Å²) in [6, 6.07) is 16.7. The number of hydrogen-bond donors (Lipinski definition) is 2. The summed E-state index contributed by atoms with van der Waals surface area (Å²) in [5, 5.41) is 2.78. The lowest BCUT2D eigenvalue weighted by Gasteiger charge is -2.19. The highest BCUT2D eigenvalue weighted by molar-refractivity contribution is 7.92. The molecule has 1 amide bonds. The van der Waals surface area contributed by atoms with E-state index in [9.17, 15) is 13.2 Å². The topological polar surface area (TPSA) is 88.2 Å². The van der Waals surface area contributed by atoms with Gasteiger partial charge < -0.3 is 5.32 Å². The molecule has 0 atom stereocenters. The van der Waals surface area contributed by atoms with E-state index in [1.54, 1.807) is 42.6 Å². The minimum absolute atomic E-state index is 0.0141. The third-order valence-electron chi connectivity index (χ3n) is 4.35. The van der Waals surface area contributed by atoms with Gasteiger partial charge in [-0.15, -0.1) is 0 Å². The molecule has 3 rings (SSSR count). The number of hydrogen-bond acceptors (Lipinski definition) is 4. The molecule has 2 N–H and O–H groups in total. The van der Waals surface area contributed by atoms with E-state index in [0.717, 1.165) is 5.56 Å². The van der Waals surface area contributed by atoms with Crippen molar-refractivity contribution in [3.8, 4) is 0 Å². The first-order chi connectivity index (χ1) is 13.6. The fraction of sp³-hybridized carbons (Fsp3) is 0.182. The molecule has 0 unspecified atom stereocenters. The van der Waals surface area contributed by atoms with Gasteiger partial charge in [-0.2, -0.15) is 0 Å². The molecule has 2 aromatic carbocycles. The van der Waals surface area contributed by atoms with Crippen molar-refractivity contribution in [1.29, 1.82) is 0 Å². The third kappa shape index (κ3) is 5.20. The minimum Gasteiger partial charge on any atom is -0.322 e. The molecule has 1 heterocycles. The Morgan fingerprint density at radius 3 is 2.10 bits per heavy atom. The molecular weight excluding hydrogens is 386 g/mol. The Hall–Kier alpha value is -3.19. The van der Waals surface area contributed by atoms with Gasteiger partial charge in [0.2, 0.25) is 0 Å². The molecule has 150 valence electrons. The van der Waals surface area contributed by atoms with Crippen molar-refractivity contribution in [1.82, 2.24) is 4.98 Å². The van der Waals surface area contributed by atoms with Crippen LogP contribution in [0.2, 0.25) is 0 Å². The number of pyridine rings is 1. The predicted molar refractivity (Wildman–Crippen MR) is 115 cm³/mol. The van der Waals surface area contributed by atoms with Gasteiger partial charge in [0.05, 0.1) is 16.8 Å². The zero-order valence-electron chi connectivity index (χ0n) is 16.5. The largest absolute Gasteiger partial charge is 0.322 e. The number of carbonyl (C=O) groups is 1. The molecule has 29 heavy (non-hydrogen) atoms. The van der Waals surface area contributed by atoms with Crippen LogP contribution in [0.4, 0.5) is 11.4 Å². The number of carbonyl (C=O) groups excluding carboxylic acids is 1. The van der Waals surface area contributed by atoms with E-state index in [2.05, 4.69) is 35.8 Å². The van der Waals surface area contributed by atoms with Crippen LogP contribution >= 0.6 is 0 Å². The normalized spacial score (nSPS) is 11.7. The first kappa shape index (κ1) is 20.5. The zero-order chi connectivity index (χ0) is 21.1. The average molecular weight is 410 g/mol. The molecule has 0 aliphatic rings. The van der Waals surface area contributed by atoms with Crippen molar-refractivity contribution >= 4 is 27.3 Å². The van der Waals surface area contributed by atoms with Gasteiger partial charge in [0, 0.05) is 17.4 Å². The number of anilines is 2. The van der Waals surface area contributed by atoms with Crippen LogP contribution in [-0.2, 0) is 15.4 Å². The number of benzene rings is 2. The number of amides is 1. The van der Waals surface area contributed by atoms with E-state index in [-0.39, 0.29) is 16.2 Å². The second-order valence-corrected chi connectivity index (χ2v) is 9.34. The number of sulfonamides is 1. The molecule has 0 aliphatic carbocycles. The number of nitrogens with zero attached hydrogens (tertiary/aromatic N) is 1. The fourth-order valence-corrected chi connectivity index (χ4v) is 3.72. The van der Waals surface area contributed by atoms with Crippen molar-refractivity contribution in [2.75, 3.05) is 10.0 Å². The van der Waals surface area contributed by atoms with Crippen LogP contribution < -0.4 is 10.0 Å². The van der Waals surface area contributed by atoms with Crippen molar-refractivity contribution in [3.05, 3.63) is 84.2 Å². The predicted octanol–water partition coefficient (Wildman–Crippen LogP) is 4.43. The standard InChI is InChI=1S/C22H23N3O3S/c1-22(2,3)17-8-6-16(7-9-17)21(26)24-18-10-12-20(13-11-18)29(27,28)25-19-5-4-14-23-15-19/h4-15,25H,1-3H3,(H,24,26). The highest BCUT2D eigenvalue weighted by Gasteiger charge is 2.16. The van der Waals surface area contributed by atoms with Crippen LogP contribution in [0.1, 0.15) is 36.7 Å². The lowest BCUT2D eigenvalue weighted by Crippen LogP contribution is -2.15. The van der Waals surface area contributed by atoms with Crippen LogP contribution in [0, 0.1) is 0 Å². The molecule has 3 aromatic rings. The molecule has 0 saturated heterocycles. The van der Waals surface area contributed by atoms with Gasteiger partial charge in [-0.05, 0) is 59.5 Å². The Balaban J connectivity index is 1.69. The van der Waals surface area contributed by atoms with Crippen LogP contribution in [0.25, 0.3) is 0 Å². The Kier molecular flexibility index (Phi) is 5.70. The summed E-state index contributed by atoms with van der Waals surface area (Å²) in [5.41, 5.74) is 2.58.